The minimum Gasteiger partial charge on any atom is -0.351 e. The topological polar surface area (TPSA) is 105 Å². The Bertz CT molecular complexity index is 959. The van der Waals surface area contributed by atoms with Crippen molar-refractivity contribution in [2.75, 3.05) is 18.6 Å². The SMILES string of the molecule is CCC(=O)CCCCCC(CNCc1csc(-c2ccccc2)n1)NC(=O)CS(C)(=O)=O. The molecule has 9 heteroatoms. The molecule has 0 aliphatic carbocycles. The first kappa shape index (κ1) is 26.2. The van der Waals surface area contributed by atoms with Crippen LogP contribution in [0.1, 0.15) is 51.1 Å². The van der Waals surface area contributed by atoms with Crippen LogP contribution in [0.25, 0.3) is 10.6 Å². The fourth-order valence-electron chi connectivity index (χ4n) is 3.28. The Morgan fingerprint density at radius 1 is 1.12 bits per heavy atom. The molecule has 0 radical (unpaired) electrons. The highest BCUT2D eigenvalue weighted by Gasteiger charge is 2.16. The van der Waals surface area contributed by atoms with Gasteiger partial charge in [0.25, 0.3) is 0 Å². The third-order valence-corrected chi connectivity index (χ3v) is 6.66. The number of aromatic nitrogens is 1. The van der Waals surface area contributed by atoms with Gasteiger partial charge in [-0.3, -0.25) is 9.59 Å². The summed E-state index contributed by atoms with van der Waals surface area (Å²) >= 11 is 1.59. The van der Waals surface area contributed by atoms with E-state index in [0.29, 0.717) is 25.9 Å². The zero-order valence-corrected chi connectivity index (χ0v) is 20.4. The molecule has 1 unspecified atom stereocenters. The number of benzene rings is 1. The number of carbonyl (C=O) groups excluding carboxylic acids is 2. The zero-order valence-electron chi connectivity index (χ0n) is 18.8. The van der Waals surface area contributed by atoms with E-state index in [4.69, 9.17) is 0 Å². The maximum Gasteiger partial charge on any atom is 0.235 e. The molecule has 0 fully saturated rings. The van der Waals surface area contributed by atoms with Gasteiger partial charge < -0.3 is 10.6 Å². The quantitative estimate of drug-likeness (QED) is 0.380. The molecule has 7 nitrogen and oxygen atoms in total. The summed E-state index contributed by atoms with van der Waals surface area (Å²) in [5.74, 6) is -0.732. The molecule has 1 aromatic heterocycles. The third kappa shape index (κ3) is 10.5. The maximum absolute atomic E-state index is 12.1. The Morgan fingerprint density at radius 2 is 1.88 bits per heavy atom. The van der Waals surface area contributed by atoms with Crippen molar-refractivity contribution in [1.29, 1.82) is 0 Å². The highest BCUT2D eigenvalue weighted by molar-refractivity contribution is 7.91. The highest BCUT2D eigenvalue weighted by Crippen LogP contribution is 2.23. The van der Waals surface area contributed by atoms with Crippen molar-refractivity contribution < 1.29 is 18.0 Å². The minimum absolute atomic E-state index is 0.182. The summed E-state index contributed by atoms with van der Waals surface area (Å²) in [4.78, 5) is 28.2. The van der Waals surface area contributed by atoms with Gasteiger partial charge in [0.1, 0.15) is 16.5 Å². The van der Waals surface area contributed by atoms with Crippen molar-refractivity contribution >= 4 is 32.9 Å². The molecule has 0 aliphatic heterocycles. The van der Waals surface area contributed by atoms with E-state index in [1.165, 1.54) is 0 Å². The van der Waals surface area contributed by atoms with E-state index in [2.05, 4.69) is 15.6 Å². The van der Waals surface area contributed by atoms with Gasteiger partial charge in [0.05, 0.1) is 5.69 Å². The summed E-state index contributed by atoms with van der Waals surface area (Å²) in [5.41, 5.74) is 2.00. The molecular formula is C23H33N3O4S2. The highest BCUT2D eigenvalue weighted by atomic mass is 32.2. The largest absolute Gasteiger partial charge is 0.351 e. The number of nitrogens with zero attached hydrogens (tertiary/aromatic N) is 1. The van der Waals surface area contributed by atoms with Crippen LogP contribution in [-0.4, -0.2) is 49.7 Å². The first-order chi connectivity index (χ1) is 15.3. The lowest BCUT2D eigenvalue weighted by atomic mass is 10.0. The predicted molar refractivity (Wildman–Crippen MR) is 129 cm³/mol. The van der Waals surface area contributed by atoms with Crippen LogP contribution >= 0.6 is 11.3 Å². The van der Waals surface area contributed by atoms with E-state index in [9.17, 15) is 18.0 Å². The van der Waals surface area contributed by atoms with Crippen molar-refractivity contribution in [2.45, 2.75) is 58.0 Å². The molecule has 2 rings (SSSR count). The number of hydrogen-bond donors (Lipinski definition) is 2. The van der Waals surface area contributed by atoms with Gasteiger partial charge in [0.2, 0.25) is 5.91 Å². The number of Topliss-reactive ketones (excluding diaryl/α,β-unsaturated/α-hetero) is 1. The number of hydrogen-bond acceptors (Lipinski definition) is 7. The van der Waals surface area contributed by atoms with Crippen LogP contribution < -0.4 is 10.6 Å². The van der Waals surface area contributed by atoms with Gasteiger partial charge in [0.15, 0.2) is 9.84 Å². The average molecular weight is 480 g/mol. The molecule has 1 amide bonds. The Balaban J connectivity index is 1.84. The zero-order chi connectivity index (χ0) is 23.4. The summed E-state index contributed by atoms with van der Waals surface area (Å²) in [7, 11) is -3.38. The van der Waals surface area contributed by atoms with Crippen LogP contribution in [0, 0.1) is 0 Å². The second-order valence-corrected chi connectivity index (χ2v) is 11.0. The molecule has 0 aliphatic rings. The van der Waals surface area contributed by atoms with Gasteiger partial charge in [-0.15, -0.1) is 11.3 Å². The van der Waals surface area contributed by atoms with Gasteiger partial charge in [-0.2, -0.15) is 0 Å². The molecule has 2 aromatic rings. The lowest BCUT2D eigenvalue weighted by Gasteiger charge is -2.19. The van der Waals surface area contributed by atoms with Crippen LogP contribution in [0.4, 0.5) is 0 Å². The Morgan fingerprint density at radius 3 is 2.56 bits per heavy atom. The number of rotatable bonds is 15. The first-order valence-corrected chi connectivity index (χ1v) is 13.9. The van der Waals surface area contributed by atoms with Crippen LogP contribution in [-0.2, 0) is 26.0 Å². The van der Waals surface area contributed by atoms with E-state index in [-0.39, 0.29) is 11.8 Å². The average Bonchev–Trinajstić information content (AvgIpc) is 3.21. The normalized spacial score (nSPS) is 12.4. The van der Waals surface area contributed by atoms with Gasteiger partial charge >= 0.3 is 0 Å². The molecular weight excluding hydrogens is 446 g/mol. The van der Waals surface area contributed by atoms with E-state index in [0.717, 1.165) is 48.2 Å². The lowest BCUT2D eigenvalue weighted by molar-refractivity contribution is -0.119. The van der Waals surface area contributed by atoms with Crippen molar-refractivity contribution in [3.8, 4) is 10.6 Å². The van der Waals surface area contributed by atoms with Gasteiger partial charge in [-0.25, -0.2) is 13.4 Å². The van der Waals surface area contributed by atoms with Crippen LogP contribution in [0.3, 0.4) is 0 Å². The van der Waals surface area contributed by atoms with E-state index < -0.39 is 21.5 Å². The molecule has 0 spiro atoms. The molecule has 2 N–H and O–H groups in total. The van der Waals surface area contributed by atoms with Crippen molar-refractivity contribution in [2.24, 2.45) is 0 Å². The summed E-state index contributed by atoms with van der Waals surface area (Å²) < 4.78 is 22.8. The number of thiazole rings is 1. The predicted octanol–water partition coefficient (Wildman–Crippen LogP) is 3.36. The monoisotopic (exact) mass is 479 g/mol. The number of ketones is 1. The smallest absolute Gasteiger partial charge is 0.235 e. The number of amides is 1. The van der Waals surface area contributed by atoms with E-state index in [1.54, 1.807) is 11.3 Å². The van der Waals surface area contributed by atoms with Crippen molar-refractivity contribution in [1.82, 2.24) is 15.6 Å². The molecule has 1 heterocycles. The summed E-state index contributed by atoms with van der Waals surface area (Å²) in [6.45, 7) is 2.95. The second kappa shape index (κ2) is 13.4. The second-order valence-electron chi connectivity index (χ2n) is 7.97. The summed E-state index contributed by atoms with van der Waals surface area (Å²) in [6, 6.07) is 9.81. The summed E-state index contributed by atoms with van der Waals surface area (Å²) in [6.07, 6.45) is 5.52. The molecule has 32 heavy (non-hydrogen) atoms. The number of nitrogens with one attached hydrogen (secondary N) is 2. The Labute approximate surface area is 195 Å². The van der Waals surface area contributed by atoms with E-state index in [1.807, 2.05) is 42.6 Å². The first-order valence-electron chi connectivity index (χ1n) is 11.0. The van der Waals surface area contributed by atoms with E-state index >= 15 is 0 Å². The Hall–Kier alpha value is -2.10. The fraction of sp³-hybridized carbons (Fsp3) is 0.522. The lowest BCUT2D eigenvalue weighted by Crippen LogP contribution is -2.44. The molecule has 176 valence electrons. The molecule has 0 saturated heterocycles. The molecule has 1 aromatic carbocycles. The number of unbranched alkanes of at least 4 members (excludes halogenated alkanes) is 2. The maximum atomic E-state index is 12.1. The van der Waals surface area contributed by atoms with Gasteiger partial charge in [-0.05, 0) is 12.8 Å². The minimum atomic E-state index is -3.38. The third-order valence-electron chi connectivity index (χ3n) is 4.93. The standard InChI is InChI=1S/C23H33N3O4S2/c1-3-21(27)13-9-5-8-12-19(25-22(28)17-32(2,29)30)14-24-15-20-16-31-23(26-20)18-10-6-4-7-11-18/h4,6-7,10-11,16,19,24H,3,5,8-9,12-15,17H2,1-2H3,(H,25,28). The van der Waals surface area contributed by atoms with Gasteiger partial charge in [-0.1, -0.05) is 50.1 Å². The van der Waals surface area contributed by atoms with Crippen LogP contribution in [0.5, 0.6) is 0 Å². The van der Waals surface area contributed by atoms with Crippen LogP contribution in [0.2, 0.25) is 0 Å². The van der Waals surface area contributed by atoms with Crippen LogP contribution in [0.15, 0.2) is 35.7 Å². The number of sulfone groups is 1. The number of carbonyl (C=O) groups is 2. The molecule has 1 atom stereocenters. The molecule has 0 saturated carbocycles. The fourth-order valence-corrected chi connectivity index (χ4v) is 4.66. The van der Waals surface area contributed by atoms with Crippen molar-refractivity contribution in [3.05, 3.63) is 41.4 Å². The van der Waals surface area contributed by atoms with Crippen molar-refractivity contribution in [3.63, 3.8) is 0 Å². The summed E-state index contributed by atoms with van der Waals surface area (Å²) in [5, 5.41) is 9.14. The molecule has 0 bridgehead atoms. The van der Waals surface area contributed by atoms with Gasteiger partial charge in [0, 0.05) is 49.2 Å². The Kier molecular flexibility index (Phi) is 11.0.